The Hall–Kier alpha value is -3.67. The standard InChI is InChI=1S/C24H27N5O3/c1-4-8-23(31)27-20-13-18-19(14-22(20)32-12-11-29(2)3)25-16-26-24(18)28-21(15-30)17-9-6-5-7-10-17/h5-7,9-10,13-14,16,21,30H,11-12,15H2,1-3H3,(H,27,31)(H,25,26,28)/t21-/m1/s1. The van der Waals surface area contributed by atoms with Crippen LogP contribution in [0.2, 0.25) is 0 Å². The molecule has 0 aliphatic heterocycles. The minimum Gasteiger partial charge on any atom is -0.490 e. The summed E-state index contributed by atoms with van der Waals surface area (Å²) >= 11 is 0. The van der Waals surface area contributed by atoms with E-state index in [0.717, 1.165) is 5.56 Å². The van der Waals surface area contributed by atoms with Crippen LogP contribution in [0.25, 0.3) is 10.9 Å². The molecule has 0 spiro atoms. The van der Waals surface area contributed by atoms with Crippen molar-refractivity contribution in [2.45, 2.75) is 13.0 Å². The second-order valence-corrected chi connectivity index (χ2v) is 7.36. The van der Waals surface area contributed by atoms with Gasteiger partial charge in [-0.05, 0) is 38.6 Å². The predicted octanol–water partition coefficient (Wildman–Crippen LogP) is 2.68. The van der Waals surface area contributed by atoms with E-state index in [1.54, 1.807) is 19.1 Å². The number of rotatable bonds is 9. The van der Waals surface area contributed by atoms with Gasteiger partial charge >= 0.3 is 0 Å². The van der Waals surface area contributed by atoms with E-state index in [0.29, 0.717) is 41.3 Å². The maximum atomic E-state index is 12.1. The molecular weight excluding hydrogens is 406 g/mol. The Balaban J connectivity index is 1.99. The molecular formula is C24H27N5O3. The van der Waals surface area contributed by atoms with Crippen molar-refractivity contribution >= 4 is 28.3 Å². The molecule has 3 aromatic rings. The number of aromatic nitrogens is 2. The fraction of sp³-hybridized carbons (Fsp3) is 0.292. The highest BCUT2D eigenvalue weighted by Crippen LogP contribution is 2.33. The van der Waals surface area contributed by atoms with Crippen molar-refractivity contribution in [2.75, 3.05) is 44.5 Å². The van der Waals surface area contributed by atoms with Gasteiger partial charge in [-0.25, -0.2) is 9.97 Å². The first-order valence-electron chi connectivity index (χ1n) is 10.2. The Labute approximate surface area is 187 Å². The Morgan fingerprint density at radius 3 is 2.69 bits per heavy atom. The number of carbonyl (C=O) groups excluding carboxylic acids is 1. The summed E-state index contributed by atoms with van der Waals surface area (Å²) in [4.78, 5) is 22.9. The Kier molecular flexibility index (Phi) is 7.97. The van der Waals surface area contributed by atoms with E-state index in [4.69, 9.17) is 4.74 Å². The fourth-order valence-corrected chi connectivity index (χ4v) is 3.11. The number of fused-ring (bicyclic) bond motifs is 1. The van der Waals surface area contributed by atoms with Gasteiger partial charge in [0.15, 0.2) is 0 Å². The number of benzene rings is 2. The molecule has 0 bridgehead atoms. The van der Waals surface area contributed by atoms with E-state index < -0.39 is 5.91 Å². The molecule has 0 fully saturated rings. The maximum Gasteiger partial charge on any atom is 0.300 e. The van der Waals surface area contributed by atoms with Crippen LogP contribution in [0.4, 0.5) is 11.5 Å². The maximum absolute atomic E-state index is 12.1. The molecule has 166 valence electrons. The number of hydrogen-bond donors (Lipinski definition) is 3. The van der Waals surface area contributed by atoms with E-state index in [-0.39, 0.29) is 12.6 Å². The van der Waals surface area contributed by atoms with Crippen molar-refractivity contribution in [2.24, 2.45) is 0 Å². The first-order valence-corrected chi connectivity index (χ1v) is 10.2. The fourth-order valence-electron chi connectivity index (χ4n) is 3.11. The summed E-state index contributed by atoms with van der Waals surface area (Å²) in [5, 5.41) is 16.7. The van der Waals surface area contributed by atoms with Crippen LogP contribution in [0.3, 0.4) is 0 Å². The van der Waals surface area contributed by atoms with E-state index in [1.165, 1.54) is 6.33 Å². The molecule has 3 rings (SSSR count). The summed E-state index contributed by atoms with van der Waals surface area (Å²) in [6.07, 6.45) is 1.45. The smallest absolute Gasteiger partial charge is 0.300 e. The zero-order chi connectivity index (χ0) is 22.9. The van der Waals surface area contributed by atoms with Crippen molar-refractivity contribution in [3.63, 3.8) is 0 Å². The third kappa shape index (κ3) is 5.94. The van der Waals surface area contributed by atoms with Gasteiger partial charge in [-0.15, -0.1) is 0 Å². The van der Waals surface area contributed by atoms with Gasteiger partial charge in [0, 0.05) is 18.0 Å². The lowest BCUT2D eigenvalue weighted by Gasteiger charge is -2.19. The minimum atomic E-state index is -0.437. The summed E-state index contributed by atoms with van der Waals surface area (Å²) < 4.78 is 5.92. The second kappa shape index (κ2) is 11.1. The molecule has 0 radical (unpaired) electrons. The van der Waals surface area contributed by atoms with Gasteiger partial charge in [-0.2, -0.15) is 0 Å². The van der Waals surface area contributed by atoms with Gasteiger partial charge in [0.05, 0.1) is 23.9 Å². The number of ether oxygens (including phenoxy) is 1. The van der Waals surface area contributed by atoms with Crippen LogP contribution in [0, 0.1) is 11.8 Å². The van der Waals surface area contributed by atoms with E-state index in [9.17, 15) is 9.90 Å². The number of hydrogen-bond acceptors (Lipinski definition) is 7. The number of anilines is 2. The molecule has 2 aromatic carbocycles. The van der Waals surface area contributed by atoms with Crippen LogP contribution >= 0.6 is 0 Å². The van der Waals surface area contributed by atoms with E-state index in [1.807, 2.05) is 49.3 Å². The van der Waals surface area contributed by atoms with Crippen molar-refractivity contribution in [1.82, 2.24) is 14.9 Å². The third-order valence-corrected chi connectivity index (χ3v) is 4.71. The molecule has 1 heterocycles. The molecule has 8 nitrogen and oxygen atoms in total. The first kappa shape index (κ1) is 23.0. The van der Waals surface area contributed by atoms with Crippen LogP contribution in [0.5, 0.6) is 5.75 Å². The van der Waals surface area contributed by atoms with Crippen LogP contribution < -0.4 is 15.4 Å². The van der Waals surface area contributed by atoms with Gasteiger partial charge in [-0.3, -0.25) is 4.79 Å². The van der Waals surface area contributed by atoms with Crippen molar-refractivity contribution in [1.29, 1.82) is 0 Å². The Morgan fingerprint density at radius 2 is 2.00 bits per heavy atom. The molecule has 1 atom stereocenters. The molecule has 1 amide bonds. The number of likely N-dealkylation sites (N-methyl/N-ethyl adjacent to an activating group) is 1. The molecule has 8 heteroatoms. The number of nitrogens with zero attached hydrogens (tertiary/aromatic N) is 3. The van der Waals surface area contributed by atoms with Crippen molar-refractivity contribution in [3.05, 3.63) is 54.4 Å². The summed E-state index contributed by atoms with van der Waals surface area (Å²) in [5.41, 5.74) is 2.05. The minimum absolute atomic E-state index is 0.114. The Morgan fingerprint density at radius 1 is 1.22 bits per heavy atom. The van der Waals surface area contributed by atoms with Gasteiger partial charge in [0.1, 0.15) is 24.5 Å². The summed E-state index contributed by atoms with van der Waals surface area (Å²) in [6, 6.07) is 12.8. The van der Waals surface area contributed by atoms with Gasteiger partial charge in [0.25, 0.3) is 5.91 Å². The van der Waals surface area contributed by atoms with Crippen LogP contribution in [0.15, 0.2) is 48.8 Å². The lowest BCUT2D eigenvalue weighted by molar-refractivity contribution is -0.111. The number of aliphatic hydroxyl groups is 1. The van der Waals surface area contributed by atoms with Crippen LogP contribution in [-0.2, 0) is 4.79 Å². The average molecular weight is 434 g/mol. The normalized spacial score (nSPS) is 11.5. The molecule has 32 heavy (non-hydrogen) atoms. The molecule has 0 saturated heterocycles. The van der Waals surface area contributed by atoms with Crippen LogP contribution in [-0.4, -0.2) is 59.7 Å². The molecule has 0 saturated carbocycles. The monoisotopic (exact) mass is 433 g/mol. The molecule has 3 N–H and O–H groups in total. The lowest BCUT2D eigenvalue weighted by Crippen LogP contribution is -2.20. The van der Waals surface area contributed by atoms with Gasteiger partial charge in [0.2, 0.25) is 0 Å². The third-order valence-electron chi connectivity index (χ3n) is 4.71. The number of aliphatic hydroxyl groups excluding tert-OH is 1. The zero-order valence-electron chi connectivity index (χ0n) is 18.4. The summed E-state index contributed by atoms with van der Waals surface area (Å²) in [7, 11) is 3.91. The highest BCUT2D eigenvalue weighted by molar-refractivity contribution is 6.06. The van der Waals surface area contributed by atoms with Crippen LogP contribution in [0.1, 0.15) is 18.5 Å². The SMILES string of the molecule is CC#CC(=O)Nc1cc2c(N[C@H](CO)c3ccccc3)ncnc2cc1OCCN(C)C. The molecule has 0 unspecified atom stereocenters. The first-order chi connectivity index (χ1) is 15.5. The largest absolute Gasteiger partial charge is 0.490 e. The topological polar surface area (TPSA) is 99.6 Å². The zero-order valence-corrected chi connectivity index (χ0v) is 18.4. The molecule has 1 aromatic heterocycles. The number of amides is 1. The van der Waals surface area contributed by atoms with Crippen molar-refractivity contribution < 1.29 is 14.6 Å². The van der Waals surface area contributed by atoms with Gasteiger partial charge < -0.3 is 25.4 Å². The summed E-state index contributed by atoms with van der Waals surface area (Å²) in [6.45, 7) is 2.64. The highest BCUT2D eigenvalue weighted by Gasteiger charge is 2.16. The van der Waals surface area contributed by atoms with E-state index in [2.05, 4.69) is 32.4 Å². The number of carbonyl (C=O) groups is 1. The van der Waals surface area contributed by atoms with Gasteiger partial charge in [-0.1, -0.05) is 36.3 Å². The number of nitrogens with one attached hydrogen (secondary N) is 2. The van der Waals surface area contributed by atoms with E-state index >= 15 is 0 Å². The Bertz CT molecular complexity index is 1120. The lowest BCUT2D eigenvalue weighted by atomic mass is 10.1. The quantitative estimate of drug-likeness (QED) is 0.446. The summed E-state index contributed by atoms with van der Waals surface area (Å²) in [5.74, 6) is 5.67. The van der Waals surface area contributed by atoms with Crippen molar-refractivity contribution in [3.8, 4) is 17.6 Å². The average Bonchev–Trinajstić information content (AvgIpc) is 2.78. The molecule has 0 aliphatic carbocycles. The molecule has 0 aliphatic rings. The highest BCUT2D eigenvalue weighted by atomic mass is 16.5. The second-order valence-electron chi connectivity index (χ2n) is 7.36. The predicted molar refractivity (Wildman–Crippen MR) is 126 cm³/mol.